The van der Waals surface area contributed by atoms with Gasteiger partial charge in [0.1, 0.15) is 17.6 Å². The van der Waals surface area contributed by atoms with Gasteiger partial charge in [-0.25, -0.2) is 4.39 Å². The lowest BCUT2D eigenvalue weighted by molar-refractivity contribution is -0.127. The maximum absolute atomic E-state index is 13.7. The van der Waals surface area contributed by atoms with Crippen LogP contribution in [-0.4, -0.2) is 25.0 Å². The van der Waals surface area contributed by atoms with E-state index in [0.717, 1.165) is 30.6 Å². The lowest BCUT2D eigenvalue weighted by Crippen LogP contribution is -2.46. The first kappa shape index (κ1) is 23.0. The Balaban J connectivity index is 1.75. The molecule has 0 bridgehead atoms. The van der Waals surface area contributed by atoms with Crippen LogP contribution >= 0.6 is 11.3 Å². The molecule has 1 aliphatic carbocycles. The van der Waals surface area contributed by atoms with Crippen LogP contribution in [0.4, 0.5) is 10.1 Å². The zero-order valence-electron chi connectivity index (χ0n) is 18.5. The molecule has 4 rings (SSSR count). The average molecular weight is 467 g/mol. The molecule has 0 spiro atoms. The predicted molar refractivity (Wildman–Crippen MR) is 128 cm³/mol. The van der Waals surface area contributed by atoms with Crippen LogP contribution in [0.3, 0.4) is 0 Å². The Hall–Kier alpha value is -3.19. The third-order valence-corrected chi connectivity index (χ3v) is 6.80. The molecule has 1 unspecified atom stereocenters. The highest BCUT2D eigenvalue weighted by Crippen LogP contribution is 2.31. The van der Waals surface area contributed by atoms with E-state index < -0.39 is 11.9 Å². The maximum Gasteiger partial charge on any atom is 0.248 e. The molecule has 7 heteroatoms. The summed E-state index contributed by atoms with van der Waals surface area (Å²) in [5.41, 5.74) is 1.13. The molecular weight excluding hydrogens is 439 g/mol. The number of rotatable bonds is 8. The zero-order chi connectivity index (χ0) is 23.2. The molecule has 0 radical (unpaired) electrons. The Morgan fingerprint density at radius 2 is 1.79 bits per heavy atom. The number of amides is 2. The second kappa shape index (κ2) is 10.6. The normalized spacial score (nSPS) is 14.6. The third kappa shape index (κ3) is 5.60. The largest absolute Gasteiger partial charge is 0.497 e. The van der Waals surface area contributed by atoms with E-state index in [1.165, 1.54) is 28.4 Å². The first-order valence-electron chi connectivity index (χ1n) is 11.1. The summed E-state index contributed by atoms with van der Waals surface area (Å²) in [6, 6.07) is 15.8. The number of benzene rings is 2. The summed E-state index contributed by atoms with van der Waals surface area (Å²) in [6.45, 7) is 0. The molecule has 5 nitrogen and oxygen atoms in total. The van der Waals surface area contributed by atoms with Crippen molar-refractivity contribution in [2.45, 2.75) is 44.2 Å². The van der Waals surface area contributed by atoms with E-state index in [4.69, 9.17) is 4.74 Å². The van der Waals surface area contributed by atoms with Gasteiger partial charge in [-0.1, -0.05) is 31.0 Å². The van der Waals surface area contributed by atoms with Crippen molar-refractivity contribution in [2.75, 3.05) is 12.0 Å². The number of nitrogens with one attached hydrogen (secondary N) is 1. The number of methoxy groups -OCH3 is 1. The molecule has 0 saturated heterocycles. The number of anilines is 1. The summed E-state index contributed by atoms with van der Waals surface area (Å²) in [7, 11) is 1.57. The molecule has 172 valence electrons. The van der Waals surface area contributed by atoms with Crippen molar-refractivity contribution in [3.8, 4) is 5.75 Å². The van der Waals surface area contributed by atoms with Crippen molar-refractivity contribution in [3.63, 3.8) is 0 Å². The summed E-state index contributed by atoms with van der Waals surface area (Å²) in [5.74, 6) is -0.213. The van der Waals surface area contributed by atoms with Gasteiger partial charge in [0.25, 0.3) is 0 Å². The van der Waals surface area contributed by atoms with Gasteiger partial charge < -0.3 is 10.1 Å². The number of thiophene rings is 1. The van der Waals surface area contributed by atoms with Gasteiger partial charge in [-0.05, 0) is 66.2 Å². The molecule has 1 N–H and O–H groups in total. The fourth-order valence-corrected chi connectivity index (χ4v) is 4.94. The first-order chi connectivity index (χ1) is 16.0. The number of hydrogen-bond acceptors (Lipinski definition) is 4. The number of carbonyl (C=O) groups is 2. The minimum absolute atomic E-state index is 0.0885. The summed E-state index contributed by atoms with van der Waals surface area (Å²) in [4.78, 5) is 29.7. The molecule has 1 aromatic heterocycles. The van der Waals surface area contributed by atoms with Crippen molar-refractivity contribution in [1.29, 1.82) is 0 Å². The zero-order valence-corrected chi connectivity index (χ0v) is 19.3. The standard InChI is InChI=1S/C26H27FN2O3S/c1-32-22-14-12-21(13-15-22)29(24(30)17-23-7-4-16-33-23)25(18-8-10-19(27)11-9-18)26(31)28-20-5-2-3-6-20/h4,7-16,20,25H,2-3,5-6,17H2,1H3,(H,28,31). The van der Waals surface area contributed by atoms with Crippen molar-refractivity contribution in [3.05, 3.63) is 82.3 Å². The van der Waals surface area contributed by atoms with Crippen molar-refractivity contribution in [2.24, 2.45) is 0 Å². The molecule has 1 heterocycles. The van der Waals surface area contributed by atoms with Crippen LogP contribution in [-0.2, 0) is 16.0 Å². The SMILES string of the molecule is COc1ccc(N(C(=O)Cc2cccs2)C(C(=O)NC2CCCC2)c2ccc(F)cc2)cc1. The number of hydrogen-bond donors (Lipinski definition) is 1. The van der Waals surface area contributed by atoms with E-state index in [-0.39, 0.29) is 24.3 Å². The smallest absolute Gasteiger partial charge is 0.248 e. The van der Waals surface area contributed by atoms with Crippen LogP contribution in [0.15, 0.2) is 66.0 Å². The lowest BCUT2D eigenvalue weighted by Gasteiger charge is -2.32. The van der Waals surface area contributed by atoms with Crippen molar-refractivity contribution in [1.82, 2.24) is 5.32 Å². The van der Waals surface area contributed by atoms with Crippen LogP contribution in [0.1, 0.15) is 42.2 Å². The Morgan fingerprint density at radius 1 is 1.09 bits per heavy atom. The van der Waals surface area contributed by atoms with Gasteiger partial charge >= 0.3 is 0 Å². The minimum Gasteiger partial charge on any atom is -0.497 e. The maximum atomic E-state index is 13.7. The summed E-state index contributed by atoms with van der Waals surface area (Å²) < 4.78 is 19.0. The molecular formula is C26H27FN2O3S. The van der Waals surface area contributed by atoms with E-state index in [2.05, 4.69) is 5.32 Å². The molecule has 1 atom stereocenters. The van der Waals surface area contributed by atoms with Crippen LogP contribution < -0.4 is 15.0 Å². The average Bonchev–Trinajstić information content (AvgIpc) is 3.53. The van der Waals surface area contributed by atoms with E-state index in [1.54, 1.807) is 43.5 Å². The number of ether oxygens (including phenoxy) is 1. The summed E-state index contributed by atoms with van der Waals surface area (Å²) >= 11 is 1.50. The highest BCUT2D eigenvalue weighted by atomic mass is 32.1. The van der Waals surface area contributed by atoms with Crippen molar-refractivity contribution < 1.29 is 18.7 Å². The fourth-order valence-electron chi connectivity index (χ4n) is 4.24. The van der Waals surface area contributed by atoms with Gasteiger partial charge in [-0.3, -0.25) is 14.5 Å². The Bertz CT molecular complexity index is 1060. The van der Waals surface area contributed by atoms with Crippen LogP contribution in [0, 0.1) is 5.82 Å². The Kier molecular flexibility index (Phi) is 7.40. The highest BCUT2D eigenvalue weighted by Gasteiger charge is 2.34. The third-order valence-electron chi connectivity index (χ3n) is 5.92. The van der Waals surface area contributed by atoms with Crippen LogP contribution in [0.25, 0.3) is 0 Å². The van der Waals surface area contributed by atoms with Crippen molar-refractivity contribution >= 4 is 28.8 Å². The minimum atomic E-state index is -0.924. The second-order valence-corrected chi connectivity index (χ2v) is 9.19. The molecule has 1 saturated carbocycles. The van der Waals surface area contributed by atoms with Gasteiger partial charge in [-0.2, -0.15) is 0 Å². The second-order valence-electron chi connectivity index (χ2n) is 8.16. The Morgan fingerprint density at radius 3 is 2.39 bits per heavy atom. The molecule has 1 fully saturated rings. The Labute approximate surface area is 197 Å². The molecule has 2 aromatic carbocycles. The molecule has 33 heavy (non-hydrogen) atoms. The molecule has 2 amide bonds. The molecule has 1 aliphatic rings. The van der Waals surface area contributed by atoms with E-state index in [1.807, 2.05) is 17.5 Å². The number of carbonyl (C=O) groups excluding carboxylic acids is 2. The fraction of sp³-hybridized carbons (Fsp3) is 0.308. The highest BCUT2D eigenvalue weighted by molar-refractivity contribution is 7.10. The van der Waals surface area contributed by atoms with Gasteiger partial charge in [0.15, 0.2) is 0 Å². The summed E-state index contributed by atoms with van der Waals surface area (Å²) in [5, 5.41) is 5.05. The lowest BCUT2D eigenvalue weighted by atomic mass is 10.0. The number of halogens is 1. The van der Waals surface area contributed by atoms with E-state index >= 15 is 0 Å². The molecule has 0 aliphatic heterocycles. The van der Waals surface area contributed by atoms with Gasteiger partial charge in [-0.15, -0.1) is 11.3 Å². The van der Waals surface area contributed by atoms with Gasteiger partial charge in [0.2, 0.25) is 11.8 Å². The van der Waals surface area contributed by atoms with Gasteiger partial charge in [0.05, 0.1) is 13.5 Å². The topological polar surface area (TPSA) is 58.6 Å². The first-order valence-corrected chi connectivity index (χ1v) is 12.0. The number of nitrogens with zero attached hydrogens (tertiary/aromatic N) is 1. The predicted octanol–water partition coefficient (Wildman–Crippen LogP) is 5.27. The van der Waals surface area contributed by atoms with Crippen LogP contribution in [0.2, 0.25) is 0 Å². The van der Waals surface area contributed by atoms with E-state index in [0.29, 0.717) is 17.0 Å². The molecule has 3 aromatic rings. The van der Waals surface area contributed by atoms with Crippen LogP contribution in [0.5, 0.6) is 5.75 Å². The quantitative estimate of drug-likeness (QED) is 0.492. The van der Waals surface area contributed by atoms with E-state index in [9.17, 15) is 14.0 Å². The van der Waals surface area contributed by atoms with Gasteiger partial charge in [0, 0.05) is 16.6 Å². The summed E-state index contributed by atoms with van der Waals surface area (Å²) in [6.07, 6.45) is 4.16. The monoisotopic (exact) mass is 466 g/mol.